The Morgan fingerprint density at radius 2 is 2.14 bits per heavy atom. The Kier molecular flexibility index (Phi) is 4.31. The van der Waals surface area contributed by atoms with Crippen molar-refractivity contribution in [1.82, 2.24) is 24.8 Å². The second-order valence-electron chi connectivity index (χ2n) is 5.78. The van der Waals surface area contributed by atoms with Crippen LogP contribution in [0.5, 0.6) is 0 Å². The molecule has 3 rings (SSSR count). The highest BCUT2D eigenvalue weighted by molar-refractivity contribution is 5.82. The van der Waals surface area contributed by atoms with Crippen molar-refractivity contribution in [1.29, 1.82) is 0 Å². The number of rotatable bonds is 4. The summed E-state index contributed by atoms with van der Waals surface area (Å²) in [7, 11) is 0. The first-order chi connectivity index (χ1) is 10.3. The predicted molar refractivity (Wildman–Crippen MR) is 83.2 cm³/mol. The summed E-state index contributed by atoms with van der Waals surface area (Å²) in [6.45, 7) is 8.19. The van der Waals surface area contributed by atoms with Gasteiger partial charge in [-0.05, 0) is 25.4 Å². The molecule has 0 spiro atoms. The Morgan fingerprint density at radius 1 is 1.24 bits per heavy atom. The largest absolute Gasteiger partial charge is 0.353 e. The van der Waals surface area contributed by atoms with Gasteiger partial charge in [0.2, 0.25) is 0 Å². The quantitative estimate of drug-likeness (QED) is 0.850. The third-order valence-electron chi connectivity index (χ3n) is 4.06. The maximum absolute atomic E-state index is 5.73. The number of hydrogen-bond donors (Lipinski definition) is 2. The van der Waals surface area contributed by atoms with Crippen LogP contribution in [0.1, 0.15) is 13.3 Å². The van der Waals surface area contributed by atoms with Gasteiger partial charge in [-0.3, -0.25) is 0 Å². The Balaban J connectivity index is 1.71. The molecule has 114 valence electrons. The average molecular weight is 289 g/mol. The summed E-state index contributed by atoms with van der Waals surface area (Å²) in [6, 6.07) is 0. The van der Waals surface area contributed by atoms with Crippen molar-refractivity contribution in [3.8, 4) is 0 Å². The normalized spacial score (nSPS) is 18.9. The molecule has 0 bridgehead atoms. The number of nitrogens with two attached hydrogens (primary N) is 1. The van der Waals surface area contributed by atoms with Gasteiger partial charge in [0.1, 0.15) is 11.8 Å². The minimum absolute atomic E-state index is 0.551. The molecular weight excluding hydrogens is 266 g/mol. The van der Waals surface area contributed by atoms with E-state index in [-0.39, 0.29) is 0 Å². The van der Waals surface area contributed by atoms with E-state index in [9.17, 15) is 0 Å². The van der Waals surface area contributed by atoms with Crippen LogP contribution in [0.25, 0.3) is 11.2 Å². The number of aromatic amines is 1. The lowest BCUT2D eigenvalue weighted by Crippen LogP contribution is -2.35. The zero-order chi connectivity index (χ0) is 14.7. The van der Waals surface area contributed by atoms with Crippen molar-refractivity contribution in [3.63, 3.8) is 0 Å². The first-order valence-electron chi connectivity index (χ1n) is 7.59. The molecule has 7 nitrogen and oxygen atoms in total. The number of H-pyrrole nitrogens is 1. The number of fused-ring (bicyclic) bond motifs is 1. The summed E-state index contributed by atoms with van der Waals surface area (Å²) in [5.41, 5.74) is 7.40. The van der Waals surface area contributed by atoms with Gasteiger partial charge < -0.3 is 20.5 Å². The van der Waals surface area contributed by atoms with Crippen LogP contribution >= 0.6 is 0 Å². The Morgan fingerprint density at radius 3 is 3.00 bits per heavy atom. The average Bonchev–Trinajstić information content (AvgIpc) is 2.87. The summed E-state index contributed by atoms with van der Waals surface area (Å²) in [5.74, 6) is 1.51. The number of hydrogen-bond acceptors (Lipinski definition) is 6. The molecule has 2 aromatic rings. The van der Waals surface area contributed by atoms with Gasteiger partial charge in [-0.15, -0.1) is 0 Å². The predicted octanol–water partition coefficient (Wildman–Crippen LogP) is 0.460. The van der Waals surface area contributed by atoms with Crippen LogP contribution in [0.15, 0.2) is 12.7 Å². The number of anilines is 1. The summed E-state index contributed by atoms with van der Waals surface area (Å²) >= 11 is 0. The lowest BCUT2D eigenvalue weighted by molar-refractivity contribution is 0.255. The standard InChI is InChI=1S/C14H23N7/c1-11(7-15)8-20-3-2-4-21(6-5-20)14-12-13(17-9-16-12)18-10-19-14/h9-11H,2-8,15H2,1H3,(H,16,17,18,19). The molecule has 3 heterocycles. The zero-order valence-corrected chi connectivity index (χ0v) is 12.5. The Bertz CT molecular complexity index is 581. The highest BCUT2D eigenvalue weighted by Crippen LogP contribution is 2.21. The monoisotopic (exact) mass is 289 g/mol. The molecule has 1 aliphatic rings. The van der Waals surface area contributed by atoms with E-state index in [1.165, 1.54) is 0 Å². The highest BCUT2D eigenvalue weighted by atomic mass is 15.3. The lowest BCUT2D eigenvalue weighted by atomic mass is 10.1. The minimum Gasteiger partial charge on any atom is -0.353 e. The minimum atomic E-state index is 0.551. The van der Waals surface area contributed by atoms with Crippen molar-refractivity contribution in [2.24, 2.45) is 11.7 Å². The molecule has 1 unspecified atom stereocenters. The van der Waals surface area contributed by atoms with Crippen LogP contribution in [-0.4, -0.2) is 64.1 Å². The summed E-state index contributed by atoms with van der Waals surface area (Å²) < 4.78 is 0. The van der Waals surface area contributed by atoms with E-state index in [0.717, 1.165) is 62.7 Å². The van der Waals surface area contributed by atoms with Crippen LogP contribution in [0, 0.1) is 5.92 Å². The fourth-order valence-corrected chi connectivity index (χ4v) is 2.87. The van der Waals surface area contributed by atoms with Crippen LogP contribution in [-0.2, 0) is 0 Å². The van der Waals surface area contributed by atoms with Gasteiger partial charge in [-0.25, -0.2) is 15.0 Å². The molecule has 0 amide bonds. The highest BCUT2D eigenvalue weighted by Gasteiger charge is 2.19. The van der Waals surface area contributed by atoms with Crippen molar-refractivity contribution < 1.29 is 0 Å². The van der Waals surface area contributed by atoms with Crippen LogP contribution < -0.4 is 10.6 Å². The maximum atomic E-state index is 5.73. The Hall–Kier alpha value is -1.73. The fraction of sp³-hybridized carbons (Fsp3) is 0.643. The van der Waals surface area contributed by atoms with Gasteiger partial charge in [-0.1, -0.05) is 6.92 Å². The van der Waals surface area contributed by atoms with Crippen LogP contribution in [0.2, 0.25) is 0 Å². The zero-order valence-electron chi connectivity index (χ0n) is 12.5. The van der Waals surface area contributed by atoms with E-state index in [4.69, 9.17) is 5.73 Å². The number of nitrogens with one attached hydrogen (secondary N) is 1. The first kappa shape index (κ1) is 14.2. The fourth-order valence-electron chi connectivity index (χ4n) is 2.87. The molecule has 1 fully saturated rings. The number of nitrogens with zero attached hydrogens (tertiary/aromatic N) is 5. The molecule has 1 atom stereocenters. The van der Waals surface area contributed by atoms with Gasteiger partial charge in [0.15, 0.2) is 11.5 Å². The Labute approximate surface area is 124 Å². The van der Waals surface area contributed by atoms with Crippen molar-refractivity contribution >= 4 is 17.0 Å². The van der Waals surface area contributed by atoms with Gasteiger partial charge in [0.25, 0.3) is 0 Å². The molecular formula is C14H23N7. The van der Waals surface area contributed by atoms with Crippen molar-refractivity contribution in [2.45, 2.75) is 13.3 Å². The molecule has 0 saturated carbocycles. The van der Waals surface area contributed by atoms with Crippen molar-refractivity contribution in [2.75, 3.05) is 44.2 Å². The van der Waals surface area contributed by atoms with Gasteiger partial charge in [-0.2, -0.15) is 0 Å². The van der Waals surface area contributed by atoms with E-state index >= 15 is 0 Å². The molecule has 2 aromatic heterocycles. The second-order valence-corrected chi connectivity index (χ2v) is 5.78. The van der Waals surface area contributed by atoms with Crippen LogP contribution in [0.3, 0.4) is 0 Å². The summed E-state index contributed by atoms with van der Waals surface area (Å²) in [4.78, 5) is 20.8. The molecule has 0 aliphatic carbocycles. The van der Waals surface area contributed by atoms with E-state index < -0.39 is 0 Å². The van der Waals surface area contributed by atoms with E-state index in [1.807, 2.05) is 0 Å². The van der Waals surface area contributed by atoms with Gasteiger partial charge in [0, 0.05) is 26.2 Å². The molecule has 0 radical (unpaired) electrons. The molecule has 1 saturated heterocycles. The SMILES string of the molecule is CC(CN)CN1CCCN(c2ncnc3nc[nH]c23)CC1. The third kappa shape index (κ3) is 3.14. The topological polar surface area (TPSA) is 87.0 Å². The number of imidazole rings is 1. The van der Waals surface area contributed by atoms with E-state index in [1.54, 1.807) is 12.7 Å². The molecule has 7 heteroatoms. The smallest absolute Gasteiger partial charge is 0.182 e. The summed E-state index contributed by atoms with van der Waals surface area (Å²) in [5, 5.41) is 0. The first-order valence-corrected chi connectivity index (χ1v) is 7.59. The molecule has 1 aliphatic heterocycles. The molecule has 21 heavy (non-hydrogen) atoms. The van der Waals surface area contributed by atoms with Crippen molar-refractivity contribution in [3.05, 3.63) is 12.7 Å². The third-order valence-corrected chi connectivity index (χ3v) is 4.06. The molecule has 3 N–H and O–H groups in total. The lowest BCUT2D eigenvalue weighted by Gasteiger charge is -2.24. The van der Waals surface area contributed by atoms with E-state index in [0.29, 0.717) is 5.92 Å². The van der Waals surface area contributed by atoms with Gasteiger partial charge >= 0.3 is 0 Å². The number of aromatic nitrogens is 4. The maximum Gasteiger partial charge on any atom is 0.182 e. The second kappa shape index (κ2) is 6.36. The van der Waals surface area contributed by atoms with Crippen LogP contribution in [0.4, 0.5) is 5.82 Å². The van der Waals surface area contributed by atoms with Gasteiger partial charge in [0.05, 0.1) is 6.33 Å². The summed E-state index contributed by atoms with van der Waals surface area (Å²) in [6.07, 6.45) is 4.41. The van der Waals surface area contributed by atoms with E-state index in [2.05, 4.69) is 36.7 Å². The molecule has 0 aromatic carbocycles.